The zero-order valence-electron chi connectivity index (χ0n) is 26.1. The summed E-state index contributed by atoms with van der Waals surface area (Å²) < 4.78 is 35.3. The third-order valence-corrected chi connectivity index (χ3v) is 8.25. The minimum Gasteiger partial charge on any atom is -0.476 e. The van der Waals surface area contributed by atoms with Gasteiger partial charge in [0, 0.05) is 44.1 Å². The highest BCUT2D eigenvalue weighted by Gasteiger charge is 2.65. The minimum atomic E-state index is -0.935. The lowest BCUT2D eigenvalue weighted by Gasteiger charge is -2.19. The number of likely N-dealkylation sites (N-methyl/N-ethyl adjacent to an activating group) is 1. The molecule has 0 radical (unpaired) electrons. The van der Waals surface area contributed by atoms with Crippen molar-refractivity contribution in [3.05, 3.63) is 71.3 Å². The number of hydrogen-bond acceptors (Lipinski definition) is 7. The molecule has 242 valence electrons. The van der Waals surface area contributed by atoms with Gasteiger partial charge in [0.25, 0.3) is 0 Å². The Morgan fingerprint density at radius 3 is 2.64 bits per heavy atom. The number of anilines is 1. The SMILES string of the molecule is CCN1CC2(C[C@@H]2NC(=O)Nc2c(C)c(OCCCC(=O)NCCN(C)C)nn2-c2ccccc2)C(c2ccc(F)c(F)c2)O1. The van der Waals surface area contributed by atoms with Gasteiger partial charge in [0.05, 0.1) is 17.9 Å². The number of benzene rings is 2. The van der Waals surface area contributed by atoms with Crippen LogP contribution in [-0.2, 0) is 9.63 Å². The predicted octanol–water partition coefficient (Wildman–Crippen LogP) is 4.18. The van der Waals surface area contributed by atoms with Crippen LogP contribution in [0.4, 0.5) is 19.4 Å². The number of carbonyl (C=O) groups excluding carboxylic acids is 2. The summed E-state index contributed by atoms with van der Waals surface area (Å²) >= 11 is 0. The number of carbonyl (C=O) groups is 2. The van der Waals surface area contributed by atoms with Crippen LogP contribution in [0, 0.1) is 24.0 Å². The molecule has 1 saturated heterocycles. The van der Waals surface area contributed by atoms with Crippen LogP contribution in [0.15, 0.2) is 48.5 Å². The molecule has 2 heterocycles. The standard InChI is InChI=1S/C32H41F2N7O4/c1-5-40-20-32(28(45-40)22-13-14-24(33)25(34)18-22)19-26(32)36-31(43)37-29-21(2)30(38-41(29)23-10-7-6-8-11-23)44-17-9-12-27(42)35-15-16-39(3)4/h6-8,10-11,13-14,18,26,28H,5,9,12,15-17,19-20H2,1-4H3,(H,35,42)(H2,36,37,43)/t26-,28?,32?/m0/s1. The van der Waals surface area contributed by atoms with Crippen LogP contribution >= 0.6 is 0 Å². The summed E-state index contributed by atoms with van der Waals surface area (Å²) in [6, 6.07) is 12.5. The summed E-state index contributed by atoms with van der Waals surface area (Å²) in [5.74, 6) is -1.09. The van der Waals surface area contributed by atoms with E-state index < -0.39 is 29.2 Å². The van der Waals surface area contributed by atoms with Gasteiger partial charge in [-0.2, -0.15) is 5.06 Å². The van der Waals surface area contributed by atoms with E-state index in [9.17, 15) is 18.4 Å². The number of amides is 3. The summed E-state index contributed by atoms with van der Waals surface area (Å²) in [6.45, 7) is 6.55. The van der Waals surface area contributed by atoms with E-state index >= 15 is 0 Å². The molecule has 2 aromatic carbocycles. The molecule has 3 atom stereocenters. The molecule has 2 fully saturated rings. The molecular weight excluding hydrogens is 584 g/mol. The highest BCUT2D eigenvalue weighted by Crippen LogP contribution is 2.60. The normalized spacial score (nSPS) is 20.9. The highest BCUT2D eigenvalue weighted by molar-refractivity contribution is 5.90. The van der Waals surface area contributed by atoms with Crippen molar-refractivity contribution in [1.29, 1.82) is 0 Å². The lowest BCUT2D eigenvalue weighted by Crippen LogP contribution is -2.36. The number of hydrogen-bond donors (Lipinski definition) is 3. The van der Waals surface area contributed by atoms with E-state index in [2.05, 4.69) is 21.0 Å². The smallest absolute Gasteiger partial charge is 0.320 e. The van der Waals surface area contributed by atoms with Crippen LogP contribution in [0.2, 0.25) is 0 Å². The topological polar surface area (TPSA) is 113 Å². The highest BCUT2D eigenvalue weighted by atomic mass is 19.2. The zero-order chi connectivity index (χ0) is 32.1. The monoisotopic (exact) mass is 625 g/mol. The second-order valence-electron chi connectivity index (χ2n) is 11.8. The van der Waals surface area contributed by atoms with E-state index in [-0.39, 0.29) is 18.6 Å². The molecular formula is C32H41F2N7O4. The van der Waals surface area contributed by atoms with Gasteiger partial charge in [-0.15, -0.1) is 5.10 Å². The Morgan fingerprint density at radius 2 is 1.93 bits per heavy atom. The Hall–Kier alpha value is -4.07. The van der Waals surface area contributed by atoms with Crippen molar-refractivity contribution in [1.82, 2.24) is 30.4 Å². The summed E-state index contributed by atoms with van der Waals surface area (Å²) in [4.78, 5) is 33.6. The Labute approximate surface area is 261 Å². The van der Waals surface area contributed by atoms with Gasteiger partial charge in [0.15, 0.2) is 11.6 Å². The van der Waals surface area contributed by atoms with Crippen LogP contribution in [0.1, 0.15) is 43.4 Å². The van der Waals surface area contributed by atoms with Crippen LogP contribution in [0.5, 0.6) is 5.88 Å². The molecule has 1 aliphatic carbocycles. The van der Waals surface area contributed by atoms with Gasteiger partial charge in [0.1, 0.15) is 11.9 Å². The molecule has 2 aliphatic rings. The molecule has 2 unspecified atom stereocenters. The second kappa shape index (κ2) is 13.9. The Morgan fingerprint density at radius 1 is 1.16 bits per heavy atom. The molecule has 1 saturated carbocycles. The molecule has 11 nitrogen and oxygen atoms in total. The van der Waals surface area contributed by atoms with E-state index in [1.807, 2.05) is 63.2 Å². The van der Waals surface area contributed by atoms with Gasteiger partial charge >= 0.3 is 6.03 Å². The number of para-hydroxylation sites is 1. The minimum absolute atomic E-state index is 0.0367. The third-order valence-electron chi connectivity index (χ3n) is 8.25. The van der Waals surface area contributed by atoms with E-state index in [0.717, 1.165) is 24.4 Å². The van der Waals surface area contributed by atoms with E-state index in [4.69, 9.17) is 9.57 Å². The number of aromatic nitrogens is 2. The Kier molecular flexibility index (Phi) is 10.0. The molecule has 5 rings (SSSR count). The maximum absolute atomic E-state index is 14.1. The number of hydroxylamine groups is 2. The molecule has 1 aliphatic heterocycles. The van der Waals surface area contributed by atoms with E-state index in [1.54, 1.807) is 9.75 Å². The van der Waals surface area contributed by atoms with Gasteiger partial charge in [0.2, 0.25) is 11.8 Å². The van der Waals surface area contributed by atoms with Crippen molar-refractivity contribution >= 4 is 17.8 Å². The summed E-state index contributed by atoms with van der Waals surface area (Å²) in [7, 11) is 3.90. The number of rotatable bonds is 13. The predicted molar refractivity (Wildman–Crippen MR) is 165 cm³/mol. The maximum atomic E-state index is 14.1. The van der Waals surface area contributed by atoms with Gasteiger partial charge in [-0.1, -0.05) is 31.2 Å². The molecule has 45 heavy (non-hydrogen) atoms. The first-order valence-electron chi connectivity index (χ1n) is 15.2. The molecule has 3 amide bonds. The summed E-state index contributed by atoms with van der Waals surface area (Å²) in [6.07, 6.45) is 0.931. The fraction of sp³-hybridized carbons (Fsp3) is 0.469. The number of nitrogens with zero attached hydrogens (tertiary/aromatic N) is 4. The molecule has 0 bridgehead atoms. The molecule has 3 N–H and O–H groups in total. The molecule has 1 aromatic heterocycles. The van der Waals surface area contributed by atoms with Crippen molar-refractivity contribution in [3.63, 3.8) is 0 Å². The summed E-state index contributed by atoms with van der Waals surface area (Å²) in [5, 5.41) is 15.3. The first-order valence-corrected chi connectivity index (χ1v) is 15.2. The van der Waals surface area contributed by atoms with Crippen LogP contribution in [0.3, 0.4) is 0 Å². The van der Waals surface area contributed by atoms with Crippen molar-refractivity contribution in [3.8, 4) is 11.6 Å². The fourth-order valence-electron chi connectivity index (χ4n) is 5.66. The summed E-state index contributed by atoms with van der Waals surface area (Å²) in [5.41, 5.74) is 1.42. The number of ether oxygens (including phenoxy) is 1. The third kappa shape index (κ3) is 7.43. The number of halogens is 2. The van der Waals surface area contributed by atoms with Crippen LogP contribution in [-0.4, -0.2) is 84.6 Å². The van der Waals surface area contributed by atoms with Crippen LogP contribution < -0.4 is 20.7 Å². The molecule has 3 aromatic rings. The maximum Gasteiger partial charge on any atom is 0.320 e. The molecule has 13 heteroatoms. The van der Waals surface area contributed by atoms with Crippen molar-refractivity contribution in [2.24, 2.45) is 5.41 Å². The lowest BCUT2D eigenvalue weighted by atomic mass is 9.92. The first-order chi connectivity index (χ1) is 21.6. The Bertz CT molecular complexity index is 1500. The van der Waals surface area contributed by atoms with Gasteiger partial charge in [-0.3, -0.25) is 14.9 Å². The largest absolute Gasteiger partial charge is 0.476 e. The van der Waals surface area contributed by atoms with Gasteiger partial charge < -0.3 is 20.3 Å². The zero-order valence-corrected chi connectivity index (χ0v) is 26.1. The number of urea groups is 1. The van der Waals surface area contributed by atoms with Gasteiger partial charge in [-0.05, 0) is 63.7 Å². The lowest BCUT2D eigenvalue weighted by molar-refractivity contribution is -0.146. The second-order valence-corrected chi connectivity index (χ2v) is 11.8. The molecule has 1 spiro atoms. The van der Waals surface area contributed by atoms with Gasteiger partial charge in [-0.25, -0.2) is 18.3 Å². The van der Waals surface area contributed by atoms with E-state index in [1.165, 1.54) is 6.07 Å². The quantitative estimate of drug-likeness (QED) is 0.244. The average Bonchev–Trinajstić information content (AvgIpc) is 3.40. The number of nitrogens with one attached hydrogen (secondary N) is 3. The average molecular weight is 626 g/mol. The van der Waals surface area contributed by atoms with Crippen molar-refractivity contribution < 1.29 is 27.9 Å². The fourth-order valence-corrected chi connectivity index (χ4v) is 5.66. The Balaban J connectivity index is 1.25. The first kappa shape index (κ1) is 32.3. The van der Waals surface area contributed by atoms with Crippen molar-refractivity contribution in [2.75, 3.05) is 52.2 Å². The van der Waals surface area contributed by atoms with Crippen LogP contribution in [0.25, 0.3) is 5.69 Å². The van der Waals surface area contributed by atoms with E-state index in [0.29, 0.717) is 61.7 Å². The van der Waals surface area contributed by atoms with Crippen molar-refractivity contribution in [2.45, 2.75) is 45.3 Å².